The third kappa shape index (κ3) is 3.22. The van der Waals surface area contributed by atoms with E-state index in [9.17, 15) is 4.79 Å². The van der Waals surface area contributed by atoms with Gasteiger partial charge in [0.15, 0.2) is 0 Å². The largest absolute Gasteiger partial charge is 0.351 e. The first-order valence-electron chi connectivity index (χ1n) is 5.64. The number of nitrogens with one attached hydrogen (secondary N) is 1. The normalized spacial score (nSPS) is 10.4. The van der Waals surface area contributed by atoms with Crippen LogP contribution in [0.15, 0.2) is 54.6 Å². The molecule has 0 aromatic heterocycles. The molecule has 0 spiro atoms. The number of anilines is 1. The molecule has 0 heterocycles. The highest BCUT2D eigenvalue weighted by Gasteiger charge is 1.99. The Bertz CT molecular complexity index is 562. The van der Waals surface area contributed by atoms with E-state index < -0.39 is 6.03 Å². The zero-order chi connectivity index (χ0) is 12.8. The summed E-state index contributed by atoms with van der Waals surface area (Å²) in [5.41, 5.74) is 7.85. The van der Waals surface area contributed by atoms with E-state index in [0.717, 1.165) is 11.1 Å². The van der Waals surface area contributed by atoms with E-state index in [1.807, 2.05) is 66.7 Å². The van der Waals surface area contributed by atoms with Crippen LogP contribution in [0.1, 0.15) is 11.1 Å². The van der Waals surface area contributed by atoms with Gasteiger partial charge in [0.2, 0.25) is 0 Å². The molecule has 0 bridgehead atoms. The Morgan fingerprint density at radius 3 is 2.33 bits per heavy atom. The lowest BCUT2D eigenvalue weighted by Crippen LogP contribution is -2.19. The minimum Gasteiger partial charge on any atom is -0.351 e. The number of nitrogens with two attached hydrogens (primary N) is 1. The molecule has 0 saturated heterocycles. The molecule has 3 N–H and O–H groups in total. The topological polar surface area (TPSA) is 55.1 Å². The van der Waals surface area contributed by atoms with Crippen LogP contribution in [-0.4, -0.2) is 6.03 Å². The number of hydrogen-bond donors (Lipinski definition) is 2. The fourth-order valence-electron chi connectivity index (χ4n) is 1.64. The summed E-state index contributed by atoms with van der Waals surface area (Å²) >= 11 is 0. The van der Waals surface area contributed by atoms with Crippen molar-refractivity contribution in [3.05, 3.63) is 65.7 Å². The van der Waals surface area contributed by atoms with Gasteiger partial charge in [-0.1, -0.05) is 60.7 Å². The second kappa shape index (κ2) is 5.68. The number of carbonyl (C=O) groups is 1. The number of hydrogen-bond acceptors (Lipinski definition) is 1. The second-order valence-corrected chi connectivity index (χ2v) is 3.82. The van der Waals surface area contributed by atoms with Gasteiger partial charge in [0, 0.05) is 5.69 Å². The van der Waals surface area contributed by atoms with E-state index in [4.69, 9.17) is 5.73 Å². The minimum absolute atomic E-state index is 0.560. The van der Waals surface area contributed by atoms with Gasteiger partial charge in [-0.05, 0) is 17.2 Å². The third-order valence-electron chi connectivity index (χ3n) is 2.47. The summed E-state index contributed by atoms with van der Waals surface area (Å²) in [6, 6.07) is 16.9. The standard InChI is InChI=1S/C15H14N2O/c16-15(18)17-14-9-5-4-8-13(14)11-10-12-6-2-1-3-7-12/h1-11H,(H3,16,17,18). The molecule has 2 amide bonds. The number of primary amides is 1. The molecule has 3 heteroatoms. The molecule has 2 aromatic rings. The van der Waals surface area contributed by atoms with Crippen LogP contribution < -0.4 is 11.1 Å². The molecule has 0 radical (unpaired) electrons. The van der Waals surface area contributed by atoms with Gasteiger partial charge in [0.25, 0.3) is 0 Å². The number of amides is 2. The summed E-state index contributed by atoms with van der Waals surface area (Å²) in [6.45, 7) is 0. The van der Waals surface area contributed by atoms with Crippen molar-refractivity contribution in [2.24, 2.45) is 5.73 Å². The Morgan fingerprint density at radius 1 is 0.944 bits per heavy atom. The number of rotatable bonds is 3. The van der Waals surface area contributed by atoms with E-state index >= 15 is 0 Å². The van der Waals surface area contributed by atoms with Crippen LogP contribution in [0.3, 0.4) is 0 Å². The third-order valence-corrected chi connectivity index (χ3v) is 2.47. The molecule has 2 aromatic carbocycles. The van der Waals surface area contributed by atoms with Crippen molar-refractivity contribution in [1.82, 2.24) is 0 Å². The summed E-state index contributed by atoms with van der Waals surface area (Å²) in [6.07, 6.45) is 3.93. The SMILES string of the molecule is NC(=O)Nc1ccccc1C=Cc1ccccc1. The molecule has 0 unspecified atom stereocenters. The van der Waals surface area contributed by atoms with Crippen molar-refractivity contribution in [2.75, 3.05) is 5.32 Å². The summed E-state index contributed by atoms with van der Waals surface area (Å²) in [5.74, 6) is 0. The minimum atomic E-state index is -0.560. The van der Waals surface area contributed by atoms with Gasteiger partial charge in [0.1, 0.15) is 0 Å². The highest BCUT2D eigenvalue weighted by Crippen LogP contribution is 2.17. The Balaban J connectivity index is 2.23. The maximum absolute atomic E-state index is 10.9. The van der Waals surface area contributed by atoms with Crippen molar-refractivity contribution < 1.29 is 4.79 Å². The van der Waals surface area contributed by atoms with Gasteiger partial charge in [-0.3, -0.25) is 0 Å². The summed E-state index contributed by atoms with van der Waals surface area (Å²) in [7, 11) is 0. The first-order valence-corrected chi connectivity index (χ1v) is 5.64. The van der Waals surface area contributed by atoms with E-state index in [1.165, 1.54) is 0 Å². The molecule has 90 valence electrons. The summed E-state index contributed by atoms with van der Waals surface area (Å²) in [5, 5.41) is 2.60. The monoisotopic (exact) mass is 238 g/mol. The highest BCUT2D eigenvalue weighted by molar-refractivity contribution is 5.91. The Kier molecular flexibility index (Phi) is 3.76. The Morgan fingerprint density at radius 2 is 1.61 bits per heavy atom. The first kappa shape index (κ1) is 11.9. The lowest BCUT2D eigenvalue weighted by atomic mass is 10.1. The average Bonchev–Trinajstić information content (AvgIpc) is 2.38. The highest BCUT2D eigenvalue weighted by atomic mass is 16.2. The molecule has 0 aliphatic carbocycles. The fraction of sp³-hybridized carbons (Fsp3) is 0. The maximum atomic E-state index is 10.9. The first-order chi connectivity index (χ1) is 8.75. The van der Waals surface area contributed by atoms with E-state index in [2.05, 4.69) is 5.32 Å². The Labute approximate surface area is 106 Å². The van der Waals surface area contributed by atoms with E-state index in [1.54, 1.807) is 0 Å². The summed E-state index contributed by atoms with van der Waals surface area (Å²) in [4.78, 5) is 10.9. The van der Waals surface area contributed by atoms with Gasteiger partial charge in [-0.25, -0.2) is 4.79 Å². The molecule has 0 aliphatic rings. The summed E-state index contributed by atoms with van der Waals surface area (Å²) < 4.78 is 0. The molecule has 0 aliphatic heterocycles. The predicted molar refractivity (Wildman–Crippen MR) is 75.0 cm³/mol. The fourth-order valence-corrected chi connectivity index (χ4v) is 1.64. The second-order valence-electron chi connectivity index (χ2n) is 3.82. The van der Waals surface area contributed by atoms with Crippen molar-refractivity contribution in [1.29, 1.82) is 0 Å². The van der Waals surface area contributed by atoms with Crippen LogP contribution in [0.4, 0.5) is 10.5 Å². The number of urea groups is 1. The van der Waals surface area contributed by atoms with Gasteiger partial charge in [-0.2, -0.15) is 0 Å². The van der Waals surface area contributed by atoms with Gasteiger partial charge >= 0.3 is 6.03 Å². The lowest BCUT2D eigenvalue weighted by molar-refractivity contribution is 0.259. The smallest absolute Gasteiger partial charge is 0.316 e. The molecule has 0 saturated carbocycles. The zero-order valence-electron chi connectivity index (χ0n) is 9.84. The van der Waals surface area contributed by atoms with Crippen LogP contribution in [-0.2, 0) is 0 Å². The molecule has 3 nitrogen and oxygen atoms in total. The van der Waals surface area contributed by atoms with Gasteiger partial charge in [0.05, 0.1) is 0 Å². The molecular weight excluding hydrogens is 224 g/mol. The van der Waals surface area contributed by atoms with Crippen LogP contribution in [0.5, 0.6) is 0 Å². The molecule has 0 atom stereocenters. The van der Waals surface area contributed by atoms with Gasteiger partial charge in [-0.15, -0.1) is 0 Å². The maximum Gasteiger partial charge on any atom is 0.316 e. The van der Waals surface area contributed by atoms with Crippen LogP contribution >= 0.6 is 0 Å². The number of para-hydroxylation sites is 1. The predicted octanol–water partition coefficient (Wildman–Crippen LogP) is 3.35. The van der Waals surface area contributed by atoms with Gasteiger partial charge < -0.3 is 11.1 Å². The average molecular weight is 238 g/mol. The van der Waals surface area contributed by atoms with Crippen LogP contribution in [0.25, 0.3) is 12.2 Å². The molecule has 18 heavy (non-hydrogen) atoms. The van der Waals surface area contributed by atoms with Crippen molar-refractivity contribution >= 4 is 23.9 Å². The van der Waals surface area contributed by atoms with Crippen molar-refractivity contribution in [2.45, 2.75) is 0 Å². The van der Waals surface area contributed by atoms with E-state index in [0.29, 0.717) is 5.69 Å². The van der Waals surface area contributed by atoms with Crippen LogP contribution in [0, 0.1) is 0 Å². The number of benzene rings is 2. The van der Waals surface area contributed by atoms with Crippen molar-refractivity contribution in [3.8, 4) is 0 Å². The molecule has 0 fully saturated rings. The zero-order valence-corrected chi connectivity index (χ0v) is 9.84. The Hall–Kier alpha value is -2.55. The lowest BCUT2D eigenvalue weighted by Gasteiger charge is -2.05. The van der Waals surface area contributed by atoms with Crippen LogP contribution in [0.2, 0.25) is 0 Å². The van der Waals surface area contributed by atoms with Crippen molar-refractivity contribution in [3.63, 3.8) is 0 Å². The molecule has 2 rings (SSSR count). The quantitative estimate of drug-likeness (QED) is 0.791. The molecular formula is C15H14N2O. The van der Waals surface area contributed by atoms with E-state index in [-0.39, 0.29) is 0 Å². The number of carbonyl (C=O) groups excluding carboxylic acids is 1.